The van der Waals surface area contributed by atoms with Crippen molar-refractivity contribution < 1.29 is 18.0 Å². The Bertz CT molecular complexity index is 1920. The highest BCUT2D eigenvalue weighted by molar-refractivity contribution is 6.11. The first kappa shape index (κ1) is 30.9. The van der Waals surface area contributed by atoms with Gasteiger partial charge in [-0.2, -0.15) is 18.4 Å². The van der Waals surface area contributed by atoms with Crippen molar-refractivity contribution in [2.24, 2.45) is 18.4 Å². The van der Waals surface area contributed by atoms with E-state index in [1.54, 1.807) is 41.2 Å². The van der Waals surface area contributed by atoms with E-state index in [1.165, 1.54) is 23.8 Å². The molecule has 1 aromatic heterocycles. The summed E-state index contributed by atoms with van der Waals surface area (Å²) in [5.41, 5.74) is 3.93. The molecule has 3 aromatic carbocycles. The molecule has 1 saturated heterocycles. The first-order chi connectivity index (χ1) is 22.4. The van der Waals surface area contributed by atoms with Crippen LogP contribution in [-0.2, 0) is 26.3 Å². The number of nitrogens with zero attached hydrogens (tertiary/aromatic N) is 6. The first-order valence-electron chi connectivity index (χ1n) is 16.0. The molecule has 1 saturated carbocycles. The van der Waals surface area contributed by atoms with Gasteiger partial charge in [-0.3, -0.25) is 9.69 Å². The van der Waals surface area contributed by atoms with Crippen molar-refractivity contribution in [3.63, 3.8) is 0 Å². The molecule has 8 nitrogen and oxygen atoms in total. The number of aromatic nitrogens is 3. The number of aryl methyl sites for hydroxylation is 1. The number of carbonyl (C=O) groups excluding carboxylic acids is 1. The first-order valence-corrected chi connectivity index (χ1v) is 16.0. The number of fused-ring (bicyclic) bond motifs is 1. The lowest BCUT2D eigenvalue weighted by Gasteiger charge is -2.21. The van der Waals surface area contributed by atoms with Gasteiger partial charge in [0, 0.05) is 49.2 Å². The van der Waals surface area contributed by atoms with Crippen LogP contribution in [0.2, 0.25) is 0 Å². The van der Waals surface area contributed by atoms with E-state index in [0.29, 0.717) is 63.9 Å². The molecule has 1 amide bonds. The zero-order valence-electron chi connectivity index (χ0n) is 26.7. The number of carbonyl (C=O) groups is 1. The highest BCUT2D eigenvalue weighted by Gasteiger charge is 2.47. The Labute approximate surface area is 271 Å². The molecular weight excluding hydrogens is 603 g/mol. The van der Waals surface area contributed by atoms with Gasteiger partial charge >= 0.3 is 6.18 Å². The highest BCUT2D eigenvalue weighted by atomic mass is 19.4. The van der Waals surface area contributed by atoms with Crippen molar-refractivity contribution in [2.45, 2.75) is 52.4 Å². The van der Waals surface area contributed by atoms with Crippen LogP contribution in [0.25, 0.3) is 22.5 Å². The van der Waals surface area contributed by atoms with Gasteiger partial charge in [-0.05, 0) is 108 Å². The monoisotopic (exact) mass is 639 g/mol. The van der Waals surface area contributed by atoms with Crippen LogP contribution in [0.1, 0.15) is 65.7 Å². The number of anilines is 2. The van der Waals surface area contributed by atoms with Gasteiger partial charge in [0.1, 0.15) is 6.33 Å². The summed E-state index contributed by atoms with van der Waals surface area (Å²) in [6.45, 7) is 6.74. The number of hydrogen-bond acceptors (Lipinski definition) is 6. The predicted octanol–water partition coefficient (Wildman–Crippen LogP) is 7.25. The molecule has 4 aromatic rings. The largest absolute Gasteiger partial charge is 0.416 e. The molecule has 0 atom stereocenters. The average molecular weight is 640 g/mol. The quantitative estimate of drug-likeness (QED) is 0.218. The van der Waals surface area contributed by atoms with Crippen molar-refractivity contribution in [1.82, 2.24) is 19.7 Å². The number of hydrogen-bond donors (Lipinski definition) is 1. The molecule has 1 N–H and O–H groups in total. The molecule has 0 unspecified atom stereocenters. The van der Waals surface area contributed by atoms with Crippen LogP contribution in [0.5, 0.6) is 0 Å². The van der Waals surface area contributed by atoms with Gasteiger partial charge in [-0.15, -0.1) is 10.2 Å². The summed E-state index contributed by atoms with van der Waals surface area (Å²) in [5, 5.41) is 21.5. The second-order valence-electron chi connectivity index (χ2n) is 13.7. The SMILES string of the molecule is CC(C)CNc1cc(-c2cc(C#N)ccc2-c2nncn2C)cc(N2Cc3c(cc(CN4CCC5(CC5)C4)cc3C(F)(F)F)C2=O)c1. The van der Waals surface area contributed by atoms with Gasteiger partial charge in [0.25, 0.3) is 5.91 Å². The number of benzene rings is 3. The molecule has 2 fully saturated rings. The minimum Gasteiger partial charge on any atom is -0.385 e. The Kier molecular flexibility index (Phi) is 7.59. The Morgan fingerprint density at radius 1 is 1.04 bits per heavy atom. The van der Waals surface area contributed by atoms with E-state index >= 15 is 0 Å². The number of nitrogens with one attached hydrogen (secondary N) is 1. The third-order valence-corrected chi connectivity index (χ3v) is 9.64. The zero-order chi connectivity index (χ0) is 33.1. The van der Waals surface area contributed by atoms with E-state index in [-0.39, 0.29) is 17.7 Å². The van der Waals surface area contributed by atoms with Crippen LogP contribution >= 0.6 is 0 Å². The van der Waals surface area contributed by atoms with E-state index in [0.717, 1.165) is 25.1 Å². The predicted molar refractivity (Wildman–Crippen MR) is 173 cm³/mol. The van der Waals surface area contributed by atoms with E-state index in [4.69, 9.17) is 0 Å². The Morgan fingerprint density at radius 3 is 2.51 bits per heavy atom. The van der Waals surface area contributed by atoms with Gasteiger partial charge in [0.05, 0.1) is 23.7 Å². The lowest BCUT2D eigenvalue weighted by molar-refractivity contribution is -0.138. The van der Waals surface area contributed by atoms with Crippen LogP contribution in [0.3, 0.4) is 0 Å². The fourth-order valence-corrected chi connectivity index (χ4v) is 6.95. The summed E-state index contributed by atoms with van der Waals surface area (Å²) in [5.74, 6) is 0.442. The third-order valence-electron chi connectivity index (χ3n) is 9.64. The van der Waals surface area contributed by atoms with Crippen LogP contribution in [-0.4, -0.2) is 45.2 Å². The standard InChI is InChI=1S/C36H36F3N7O/c1-22(2)17-41-26-13-25(29-10-23(16-40)4-5-28(29)33-43-42-21-44(33)3)14-27(15-26)46-19-31-30(34(46)47)11-24(12-32(31)36(37,38)39)18-45-9-8-35(20-45)6-7-35/h4-5,10-15,21-22,41H,6-9,17-20H2,1-3H3. The fraction of sp³-hybridized carbons (Fsp3) is 0.389. The number of likely N-dealkylation sites (tertiary alicyclic amines) is 1. The van der Waals surface area contributed by atoms with Crippen molar-refractivity contribution in [3.8, 4) is 28.6 Å². The summed E-state index contributed by atoms with van der Waals surface area (Å²) in [4.78, 5) is 17.7. The van der Waals surface area contributed by atoms with Crippen LogP contribution < -0.4 is 10.2 Å². The minimum atomic E-state index is -4.60. The average Bonchev–Trinajstić information content (AvgIpc) is 3.29. The molecule has 1 spiro atoms. The summed E-state index contributed by atoms with van der Waals surface area (Å²) in [7, 11) is 1.82. The highest BCUT2D eigenvalue weighted by Crippen LogP contribution is 2.53. The second-order valence-corrected chi connectivity index (χ2v) is 13.7. The molecule has 7 rings (SSSR count). The molecule has 11 heteroatoms. The number of halogens is 3. The molecule has 0 radical (unpaired) electrons. The molecule has 47 heavy (non-hydrogen) atoms. The van der Waals surface area contributed by atoms with Crippen molar-refractivity contribution >= 4 is 17.3 Å². The molecule has 3 heterocycles. The topological polar surface area (TPSA) is 90.1 Å². The van der Waals surface area contributed by atoms with Crippen LogP contribution in [0.4, 0.5) is 24.5 Å². The molecule has 1 aliphatic carbocycles. The summed E-state index contributed by atoms with van der Waals surface area (Å²) in [6.07, 6.45) is 0.430. The van der Waals surface area contributed by atoms with Gasteiger partial charge in [-0.1, -0.05) is 13.8 Å². The van der Waals surface area contributed by atoms with Crippen LogP contribution in [0, 0.1) is 22.7 Å². The summed E-state index contributed by atoms with van der Waals surface area (Å²) < 4.78 is 45.4. The normalized spacial score (nSPS) is 17.1. The molecule has 242 valence electrons. The van der Waals surface area contributed by atoms with Gasteiger partial charge < -0.3 is 14.8 Å². The van der Waals surface area contributed by atoms with Gasteiger partial charge in [-0.25, -0.2) is 0 Å². The number of alkyl halides is 3. The molecule has 2 aliphatic heterocycles. The summed E-state index contributed by atoms with van der Waals surface area (Å²) >= 11 is 0. The number of nitriles is 1. The summed E-state index contributed by atoms with van der Waals surface area (Å²) in [6, 6.07) is 15.9. The maximum atomic E-state index is 14.5. The van der Waals surface area contributed by atoms with E-state index in [9.17, 15) is 23.2 Å². The maximum absolute atomic E-state index is 14.5. The lowest BCUT2D eigenvalue weighted by Crippen LogP contribution is -2.23. The van der Waals surface area contributed by atoms with Crippen LogP contribution in [0.15, 0.2) is 54.9 Å². The Hall–Kier alpha value is -4.69. The molecule has 3 aliphatic rings. The lowest BCUT2D eigenvalue weighted by atomic mass is 9.95. The van der Waals surface area contributed by atoms with Crippen molar-refractivity contribution in [2.75, 3.05) is 29.9 Å². The smallest absolute Gasteiger partial charge is 0.385 e. The third kappa shape index (κ3) is 5.98. The Balaban J connectivity index is 1.30. The van der Waals surface area contributed by atoms with Gasteiger partial charge in [0.15, 0.2) is 5.82 Å². The van der Waals surface area contributed by atoms with E-state index in [2.05, 4.69) is 40.3 Å². The number of rotatable bonds is 8. The van der Waals surface area contributed by atoms with Crippen molar-refractivity contribution in [1.29, 1.82) is 5.26 Å². The van der Waals surface area contributed by atoms with Gasteiger partial charge in [0.2, 0.25) is 0 Å². The number of amides is 1. The van der Waals surface area contributed by atoms with E-state index in [1.807, 2.05) is 19.2 Å². The van der Waals surface area contributed by atoms with E-state index < -0.39 is 17.6 Å². The fourth-order valence-electron chi connectivity index (χ4n) is 6.95. The zero-order valence-corrected chi connectivity index (χ0v) is 26.7. The van der Waals surface area contributed by atoms with Crippen molar-refractivity contribution in [3.05, 3.63) is 82.7 Å². The minimum absolute atomic E-state index is 0.000297. The Morgan fingerprint density at radius 2 is 1.85 bits per heavy atom. The second kappa shape index (κ2) is 11.5. The molecular formula is C36H36F3N7O. The molecule has 0 bridgehead atoms. The maximum Gasteiger partial charge on any atom is 0.416 e.